The Balaban J connectivity index is 2.01. The van der Waals surface area contributed by atoms with E-state index in [1.807, 2.05) is 37.3 Å². The molecule has 0 aliphatic carbocycles. The fourth-order valence-electron chi connectivity index (χ4n) is 1.60. The number of ether oxygens (including phenoxy) is 2. The van der Waals surface area contributed by atoms with E-state index in [1.165, 1.54) is 9.75 Å². The van der Waals surface area contributed by atoms with Crippen LogP contribution < -0.4 is 15.2 Å². The summed E-state index contributed by atoms with van der Waals surface area (Å²) in [4.78, 5) is 2.34. The van der Waals surface area contributed by atoms with Gasteiger partial charge in [0.05, 0.1) is 6.61 Å². The Kier molecular flexibility index (Phi) is 4.61. The minimum Gasteiger partial charge on any atom is -0.490 e. The van der Waals surface area contributed by atoms with Gasteiger partial charge in [0.15, 0.2) is 11.5 Å². The zero-order valence-electron chi connectivity index (χ0n) is 10.4. The standard InChI is InChI=1S/C14H17NO2S/c1-2-16-13-5-3-4-6-14(13)17-10-12-8-7-11(9-15)18-12/h3-8H,2,9-10,15H2,1H3. The highest BCUT2D eigenvalue weighted by atomic mass is 32.1. The molecule has 2 aromatic rings. The van der Waals surface area contributed by atoms with E-state index >= 15 is 0 Å². The minimum absolute atomic E-state index is 0.550. The smallest absolute Gasteiger partial charge is 0.161 e. The molecule has 0 amide bonds. The highest BCUT2D eigenvalue weighted by Gasteiger charge is 2.05. The molecular weight excluding hydrogens is 246 g/mol. The van der Waals surface area contributed by atoms with Gasteiger partial charge in [0.2, 0.25) is 0 Å². The first-order chi connectivity index (χ1) is 8.83. The van der Waals surface area contributed by atoms with Crippen molar-refractivity contribution >= 4 is 11.3 Å². The van der Waals surface area contributed by atoms with Gasteiger partial charge in [-0.2, -0.15) is 0 Å². The second-order valence-electron chi connectivity index (χ2n) is 3.74. The minimum atomic E-state index is 0.550. The molecule has 0 fully saturated rings. The van der Waals surface area contributed by atoms with Gasteiger partial charge in [0.25, 0.3) is 0 Å². The normalized spacial score (nSPS) is 10.3. The summed E-state index contributed by atoms with van der Waals surface area (Å²) >= 11 is 1.68. The van der Waals surface area contributed by atoms with Crippen molar-refractivity contribution in [1.82, 2.24) is 0 Å². The molecule has 2 rings (SSSR count). The number of hydrogen-bond acceptors (Lipinski definition) is 4. The van der Waals surface area contributed by atoms with Crippen LogP contribution in [0.25, 0.3) is 0 Å². The highest BCUT2D eigenvalue weighted by molar-refractivity contribution is 7.11. The van der Waals surface area contributed by atoms with Crippen molar-refractivity contribution in [1.29, 1.82) is 0 Å². The maximum absolute atomic E-state index is 5.78. The molecule has 0 bridgehead atoms. The van der Waals surface area contributed by atoms with Crippen LogP contribution in [0.5, 0.6) is 11.5 Å². The Morgan fingerprint density at radius 1 is 1.00 bits per heavy atom. The fraction of sp³-hybridized carbons (Fsp3) is 0.286. The molecule has 0 spiro atoms. The molecule has 0 aliphatic rings. The maximum atomic E-state index is 5.78. The van der Waals surface area contributed by atoms with Crippen LogP contribution in [-0.4, -0.2) is 6.61 Å². The lowest BCUT2D eigenvalue weighted by atomic mass is 10.3. The van der Waals surface area contributed by atoms with Crippen molar-refractivity contribution in [2.24, 2.45) is 5.73 Å². The first kappa shape index (κ1) is 12.9. The van der Waals surface area contributed by atoms with E-state index < -0.39 is 0 Å². The quantitative estimate of drug-likeness (QED) is 0.870. The largest absolute Gasteiger partial charge is 0.490 e. The van der Waals surface area contributed by atoms with Crippen LogP contribution in [-0.2, 0) is 13.2 Å². The summed E-state index contributed by atoms with van der Waals surface area (Å²) in [6.45, 7) is 3.73. The average Bonchev–Trinajstić information content (AvgIpc) is 2.86. The molecule has 18 heavy (non-hydrogen) atoms. The van der Waals surface area contributed by atoms with E-state index in [9.17, 15) is 0 Å². The van der Waals surface area contributed by atoms with Gasteiger partial charge >= 0.3 is 0 Å². The Bertz CT molecular complexity index is 496. The Labute approximate surface area is 111 Å². The van der Waals surface area contributed by atoms with Gasteiger partial charge < -0.3 is 15.2 Å². The average molecular weight is 263 g/mol. The number of nitrogens with two attached hydrogens (primary N) is 1. The number of benzene rings is 1. The van der Waals surface area contributed by atoms with Gasteiger partial charge in [0, 0.05) is 16.3 Å². The van der Waals surface area contributed by atoms with Gasteiger partial charge in [-0.05, 0) is 31.2 Å². The van der Waals surface area contributed by atoms with Gasteiger partial charge in [-0.15, -0.1) is 11.3 Å². The van der Waals surface area contributed by atoms with E-state index in [4.69, 9.17) is 15.2 Å². The van der Waals surface area contributed by atoms with Crippen molar-refractivity contribution in [2.75, 3.05) is 6.61 Å². The molecule has 1 heterocycles. The number of rotatable bonds is 6. The summed E-state index contributed by atoms with van der Waals surface area (Å²) in [7, 11) is 0. The zero-order valence-corrected chi connectivity index (χ0v) is 11.2. The molecule has 3 nitrogen and oxygen atoms in total. The highest BCUT2D eigenvalue weighted by Crippen LogP contribution is 2.28. The molecular formula is C14H17NO2S. The van der Waals surface area contributed by atoms with Crippen LogP contribution in [0.2, 0.25) is 0 Å². The Morgan fingerprint density at radius 3 is 2.28 bits per heavy atom. The lowest BCUT2D eigenvalue weighted by molar-refractivity contribution is 0.271. The van der Waals surface area contributed by atoms with Crippen molar-refractivity contribution < 1.29 is 9.47 Å². The fourth-order valence-corrected chi connectivity index (χ4v) is 2.41. The number of para-hydroxylation sites is 2. The molecule has 0 saturated carbocycles. The summed E-state index contributed by atoms with van der Waals surface area (Å²) < 4.78 is 11.3. The molecule has 1 aromatic carbocycles. The monoisotopic (exact) mass is 263 g/mol. The molecule has 0 saturated heterocycles. The van der Waals surface area contributed by atoms with Crippen LogP contribution in [0.1, 0.15) is 16.7 Å². The van der Waals surface area contributed by atoms with Gasteiger partial charge in [-0.1, -0.05) is 12.1 Å². The number of hydrogen-bond donors (Lipinski definition) is 1. The summed E-state index contributed by atoms with van der Waals surface area (Å²) in [5, 5.41) is 0. The Hall–Kier alpha value is -1.52. The Morgan fingerprint density at radius 2 is 1.67 bits per heavy atom. The summed E-state index contributed by atoms with van der Waals surface area (Å²) in [6.07, 6.45) is 0. The van der Waals surface area contributed by atoms with E-state index in [0.717, 1.165) is 11.5 Å². The first-order valence-corrected chi connectivity index (χ1v) is 6.77. The van der Waals surface area contributed by atoms with E-state index in [-0.39, 0.29) is 0 Å². The third kappa shape index (κ3) is 3.24. The molecule has 1 aromatic heterocycles. The summed E-state index contributed by atoms with van der Waals surface area (Å²) in [5.41, 5.74) is 5.58. The SMILES string of the molecule is CCOc1ccccc1OCc1ccc(CN)s1. The van der Waals surface area contributed by atoms with Gasteiger partial charge in [0.1, 0.15) is 6.61 Å². The molecule has 0 radical (unpaired) electrons. The topological polar surface area (TPSA) is 44.5 Å². The van der Waals surface area contributed by atoms with Crippen LogP contribution in [0.15, 0.2) is 36.4 Å². The van der Waals surface area contributed by atoms with E-state index in [2.05, 4.69) is 6.07 Å². The predicted octanol–water partition coefficient (Wildman–Crippen LogP) is 3.18. The second kappa shape index (κ2) is 6.42. The number of thiophene rings is 1. The maximum Gasteiger partial charge on any atom is 0.161 e. The third-order valence-electron chi connectivity index (χ3n) is 2.44. The summed E-state index contributed by atoms with van der Waals surface area (Å²) in [5.74, 6) is 1.57. The predicted molar refractivity (Wildman–Crippen MR) is 74.2 cm³/mol. The van der Waals surface area contributed by atoms with Gasteiger partial charge in [-0.3, -0.25) is 0 Å². The van der Waals surface area contributed by atoms with Gasteiger partial charge in [-0.25, -0.2) is 0 Å². The van der Waals surface area contributed by atoms with Crippen LogP contribution in [0.4, 0.5) is 0 Å². The van der Waals surface area contributed by atoms with Crippen molar-refractivity contribution in [3.63, 3.8) is 0 Å². The molecule has 0 atom stereocenters. The molecule has 4 heteroatoms. The first-order valence-electron chi connectivity index (χ1n) is 5.95. The van der Waals surface area contributed by atoms with Crippen LogP contribution in [0.3, 0.4) is 0 Å². The van der Waals surface area contributed by atoms with Crippen molar-refractivity contribution in [2.45, 2.75) is 20.1 Å². The molecule has 0 aliphatic heterocycles. The summed E-state index contributed by atoms with van der Waals surface area (Å²) in [6, 6.07) is 11.8. The van der Waals surface area contributed by atoms with E-state index in [1.54, 1.807) is 11.3 Å². The van der Waals surface area contributed by atoms with Crippen molar-refractivity contribution in [3.8, 4) is 11.5 Å². The van der Waals surface area contributed by atoms with Crippen LogP contribution >= 0.6 is 11.3 Å². The molecule has 2 N–H and O–H groups in total. The van der Waals surface area contributed by atoms with Crippen LogP contribution in [0, 0.1) is 0 Å². The molecule has 0 unspecified atom stereocenters. The van der Waals surface area contributed by atoms with E-state index in [0.29, 0.717) is 19.8 Å². The zero-order chi connectivity index (χ0) is 12.8. The third-order valence-corrected chi connectivity index (χ3v) is 3.52. The second-order valence-corrected chi connectivity index (χ2v) is 4.99. The molecule has 96 valence electrons. The lowest BCUT2D eigenvalue weighted by Crippen LogP contribution is -1.98. The lowest BCUT2D eigenvalue weighted by Gasteiger charge is -2.10. The van der Waals surface area contributed by atoms with Crippen molar-refractivity contribution in [3.05, 3.63) is 46.2 Å².